The van der Waals surface area contributed by atoms with E-state index in [0.717, 1.165) is 0 Å². The molecule has 0 aliphatic rings. The first-order valence-corrected chi connectivity index (χ1v) is 10.1. The van der Waals surface area contributed by atoms with Crippen LogP contribution in [0.1, 0.15) is 0 Å². The molecule has 2 heterocycles. The van der Waals surface area contributed by atoms with E-state index in [0.29, 0.717) is 45.5 Å². The molecule has 0 unspecified atom stereocenters. The normalized spacial score (nSPS) is 10.9. The molecule has 0 saturated heterocycles. The first-order valence-electron chi connectivity index (χ1n) is 10.1. The van der Waals surface area contributed by atoms with Crippen molar-refractivity contribution in [3.8, 4) is 28.6 Å². The Morgan fingerprint density at radius 2 is 1.55 bits per heavy atom. The van der Waals surface area contributed by atoms with Crippen molar-refractivity contribution >= 4 is 22.7 Å². The molecule has 164 valence electrons. The molecule has 0 bridgehead atoms. The first kappa shape index (κ1) is 20.1. The van der Waals surface area contributed by atoms with Crippen molar-refractivity contribution in [1.29, 1.82) is 0 Å². The second-order valence-electron chi connectivity index (χ2n) is 7.19. The third-order valence-corrected chi connectivity index (χ3v) is 5.19. The van der Waals surface area contributed by atoms with Gasteiger partial charge in [-0.3, -0.25) is 4.57 Å². The highest BCUT2D eigenvalue weighted by Crippen LogP contribution is 2.32. The van der Waals surface area contributed by atoms with Crippen LogP contribution >= 0.6 is 0 Å². The Kier molecular flexibility index (Phi) is 4.91. The Balaban J connectivity index is 1.68. The fourth-order valence-corrected chi connectivity index (χ4v) is 3.73. The molecule has 0 aliphatic heterocycles. The van der Waals surface area contributed by atoms with Crippen LogP contribution in [-0.4, -0.2) is 26.2 Å². The lowest BCUT2D eigenvalue weighted by atomic mass is 10.2. The third-order valence-electron chi connectivity index (χ3n) is 5.19. The summed E-state index contributed by atoms with van der Waals surface area (Å²) in [6.07, 6.45) is 1.31. The molecule has 0 radical (unpaired) electrons. The van der Waals surface area contributed by atoms with E-state index < -0.39 is 5.69 Å². The number of nitrogens with zero attached hydrogens (tertiary/aromatic N) is 4. The third kappa shape index (κ3) is 3.41. The number of anilines is 2. The molecular formula is C24H20N6O3. The Bertz CT molecular complexity index is 1510. The van der Waals surface area contributed by atoms with E-state index in [4.69, 9.17) is 20.9 Å². The van der Waals surface area contributed by atoms with Gasteiger partial charge in [0.2, 0.25) is 0 Å². The van der Waals surface area contributed by atoms with Gasteiger partial charge in [-0.15, -0.1) is 0 Å². The predicted octanol–water partition coefficient (Wildman–Crippen LogP) is 3.54. The van der Waals surface area contributed by atoms with Gasteiger partial charge in [-0.05, 0) is 48.5 Å². The lowest BCUT2D eigenvalue weighted by molar-refractivity contribution is 0.415. The predicted molar refractivity (Wildman–Crippen MR) is 126 cm³/mol. The monoisotopic (exact) mass is 440 g/mol. The molecule has 9 nitrogen and oxygen atoms in total. The summed E-state index contributed by atoms with van der Waals surface area (Å²) in [7, 11) is 1.49. The number of rotatable bonds is 5. The summed E-state index contributed by atoms with van der Waals surface area (Å²) < 4.78 is 14.2. The molecule has 0 amide bonds. The summed E-state index contributed by atoms with van der Waals surface area (Å²) in [6, 6.07) is 21.7. The number of hydrogen-bond acceptors (Lipinski definition) is 7. The molecule has 4 N–H and O–H groups in total. The van der Waals surface area contributed by atoms with Gasteiger partial charge >= 0.3 is 5.69 Å². The minimum atomic E-state index is -0.391. The van der Waals surface area contributed by atoms with Crippen LogP contribution in [0.4, 0.5) is 11.5 Å². The van der Waals surface area contributed by atoms with Crippen LogP contribution in [0.5, 0.6) is 17.2 Å². The van der Waals surface area contributed by atoms with Gasteiger partial charge in [0.15, 0.2) is 17.2 Å². The number of nitrogens with two attached hydrogens (primary N) is 2. The van der Waals surface area contributed by atoms with Gasteiger partial charge in [0.25, 0.3) is 0 Å². The minimum absolute atomic E-state index is 0.170. The van der Waals surface area contributed by atoms with Gasteiger partial charge in [0.1, 0.15) is 23.3 Å². The van der Waals surface area contributed by atoms with Crippen molar-refractivity contribution < 1.29 is 9.47 Å². The van der Waals surface area contributed by atoms with E-state index in [1.807, 2.05) is 30.3 Å². The fourth-order valence-electron chi connectivity index (χ4n) is 3.73. The Hall–Kier alpha value is -4.79. The van der Waals surface area contributed by atoms with Crippen molar-refractivity contribution in [3.05, 3.63) is 89.6 Å². The summed E-state index contributed by atoms with van der Waals surface area (Å²) in [4.78, 5) is 22.1. The SMILES string of the molecule is COc1c(N)cccc1-n1c(=O)n(-c2ccc(Oc3ccccc3)cc2)c2c(N)ncnc21. The van der Waals surface area contributed by atoms with Crippen LogP contribution in [0.3, 0.4) is 0 Å². The number of hydrogen-bond donors (Lipinski definition) is 2. The van der Waals surface area contributed by atoms with E-state index in [9.17, 15) is 4.79 Å². The van der Waals surface area contributed by atoms with Crippen molar-refractivity contribution in [2.24, 2.45) is 0 Å². The lowest BCUT2D eigenvalue weighted by Crippen LogP contribution is -2.22. The Labute approximate surface area is 188 Å². The van der Waals surface area contributed by atoms with E-state index >= 15 is 0 Å². The topological polar surface area (TPSA) is 123 Å². The molecule has 5 rings (SSSR count). The minimum Gasteiger partial charge on any atom is -0.492 e. The molecule has 0 atom stereocenters. The average Bonchev–Trinajstić information content (AvgIpc) is 3.13. The number of benzene rings is 3. The zero-order chi connectivity index (χ0) is 22.9. The highest BCUT2D eigenvalue weighted by Gasteiger charge is 2.22. The molecule has 5 aromatic rings. The zero-order valence-corrected chi connectivity index (χ0v) is 17.7. The lowest BCUT2D eigenvalue weighted by Gasteiger charge is -2.11. The van der Waals surface area contributed by atoms with E-state index in [2.05, 4.69) is 9.97 Å². The van der Waals surface area contributed by atoms with Crippen molar-refractivity contribution in [2.75, 3.05) is 18.6 Å². The van der Waals surface area contributed by atoms with Gasteiger partial charge in [0.05, 0.1) is 24.2 Å². The standard InChI is InChI=1S/C24H20N6O3/c1-32-21-18(25)8-5-9-19(21)30-23-20(22(26)27-14-28-23)29(24(30)31)15-10-12-17(13-11-15)33-16-6-3-2-4-7-16/h2-14H,25H2,1H3,(H2,26,27,28). The van der Waals surface area contributed by atoms with Gasteiger partial charge in [-0.25, -0.2) is 19.3 Å². The number of fused-ring (bicyclic) bond motifs is 1. The number of ether oxygens (including phenoxy) is 2. The summed E-state index contributed by atoms with van der Waals surface area (Å²) >= 11 is 0. The van der Waals surface area contributed by atoms with Gasteiger partial charge in [-0.2, -0.15) is 0 Å². The molecule has 0 spiro atoms. The fraction of sp³-hybridized carbons (Fsp3) is 0.0417. The van der Waals surface area contributed by atoms with E-state index in [1.165, 1.54) is 22.6 Å². The Morgan fingerprint density at radius 3 is 2.27 bits per heavy atom. The second kappa shape index (κ2) is 8.04. The van der Waals surface area contributed by atoms with Gasteiger partial charge in [0, 0.05) is 0 Å². The molecular weight excluding hydrogens is 420 g/mol. The summed E-state index contributed by atoms with van der Waals surface area (Å²) in [5.41, 5.74) is 14.0. The largest absolute Gasteiger partial charge is 0.492 e. The number of aromatic nitrogens is 4. The molecule has 9 heteroatoms. The molecule has 0 aliphatic carbocycles. The van der Waals surface area contributed by atoms with Crippen LogP contribution in [0, 0.1) is 0 Å². The zero-order valence-electron chi connectivity index (χ0n) is 17.7. The number of para-hydroxylation sites is 2. The second-order valence-corrected chi connectivity index (χ2v) is 7.19. The van der Waals surface area contributed by atoms with Crippen LogP contribution in [0.2, 0.25) is 0 Å². The first-order chi connectivity index (χ1) is 16.1. The van der Waals surface area contributed by atoms with Gasteiger partial charge in [-0.1, -0.05) is 24.3 Å². The molecule has 0 fully saturated rings. The Morgan fingerprint density at radius 1 is 0.818 bits per heavy atom. The van der Waals surface area contributed by atoms with Crippen LogP contribution in [0.15, 0.2) is 83.9 Å². The van der Waals surface area contributed by atoms with Crippen LogP contribution < -0.4 is 26.6 Å². The highest BCUT2D eigenvalue weighted by molar-refractivity contribution is 5.86. The number of nitrogen functional groups attached to an aromatic ring is 2. The summed E-state index contributed by atoms with van der Waals surface area (Å²) in [6.45, 7) is 0. The quantitative estimate of drug-likeness (QED) is 0.401. The highest BCUT2D eigenvalue weighted by atomic mass is 16.5. The average molecular weight is 440 g/mol. The maximum Gasteiger partial charge on any atom is 0.339 e. The van der Waals surface area contributed by atoms with E-state index in [1.54, 1.807) is 42.5 Å². The van der Waals surface area contributed by atoms with E-state index in [-0.39, 0.29) is 5.82 Å². The molecule has 0 saturated carbocycles. The maximum atomic E-state index is 13.7. The maximum absolute atomic E-state index is 13.7. The number of methoxy groups -OCH3 is 1. The van der Waals surface area contributed by atoms with Gasteiger partial charge < -0.3 is 20.9 Å². The number of imidazole rings is 1. The van der Waals surface area contributed by atoms with Crippen molar-refractivity contribution in [2.45, 2.75) is 0 Å². The smallest absolute Gasteiger partial charge is 0.339 e. The van der Waals surface area contributed by atoms with Crippen LogP contribution in [0.25, 0.3) is 22.5 Å². The molecule has 3 aromatic carbocycles. The van der Waals surface area contributed by atoms with Crippen LogP contribution in [-0.2, 0) is 0 Å². The summed E-state index contributed by atoms with van der Waals surface area (Å²) in [5.74, 6) is 1.87. The molecule has 33 heavy (non-hydrogen) atoms. The summed E-state index contributed by atoms with van der Waals surface area (Å²) in [5, 5.41) is 0. The molecule has 2 aromatic heterocycles. The van der Waals surface area contributed by atoms with Crippen molar-refractivity contribution in [1.82, 2.24) is 19.1 Å². The van der Waals surface area contributed by atoms with Crippen molar-refractivity contribution in [3.63, 3.8) is 0 Å².